The van der Waals surface area contributed by atoms with E-state index < -0.39 is 33.7 Å². The van der Waals surface area contributed by atoms with Crippen LogP contribution in [0.4, 0.5) is 24.0 Å². The molecular formula is C20H19F3N4O3S3. The summed E-state index contributed by atoms with van der Waals surface area (Å²) in [7, 11) is -4.08. The summed E-state index contributed by atoms with van der Waals surface area (Å²) in [5.74, 6) is -0.106. The van der Waals surface area contributed by atoms with E-state index in [9.17, 15) is 26.4 Å². The molecular weight excluding hydrogens is 497 g/mol. The number of carbonyl (C=O) groups excluding carboxylic acids is 1. The highest BCUT2D eigenvalue weighted by Crippen LogP contribution is 2.33. The molecule has 7 nitrogen and oxygen atoms in total. The summed E-state index contributed by atoms with van der Waals surface area (Å²) in [6.07, 6.45) is -3.84. The van der Waals surface area contributed by atoms with Crippen LogP contribution < -0.4 is 9.62 Å². The van der Waals surface area contributed by atoms with E-state index in [1.54, 1.807) is 0 Å². The lowest BCUT2D eigenvalue weighted by Gasteiger charge is -2.28. The lowest BCUT2D eigenvalue weighted by atomic mass is 10.2. The largest absolute Gasteiger partial charge is 0.416 e. The van der Waals surface area contributed by atoms with Gasteiger partial charge in [-0.3, -0.25) is 14.4 Å². The maximum absolute atomic E-state index is 13.1. The van der Waals surface area contributed by atoms with Crippen LogP contribution in [0.1, 0.15) is 18.1 Å². The van der Waals surface area contributed by atoms with Crippen molar-refractivity contribution in [2.24, 2.45) is 0 Å². The van der Waals surface area contributed by atoms with E-state index in [0.717, 1.165) is 35.3 Å². The van der Waals surface area contributed by atoms with Gasteiger partial charge in [0.2, 0.25) is 21.1 Å². The van der Waals surface area contributed by atoms with E-state index in [0.29, 0.717) is 20.5 Å². The molecule has 176 valence electrons. The highest BCUT2D eigenvalue weighted by molar-refractivity contribution is 8.00. The average Bonchev–Trinajstić information content (AvgIpc) is 3.19. The van der Waals surface area contributed by atoms with Gasteiger partial charge in [-0.25, -0.2) is 8.42 Å². The molecule has 0 bridgehead atoms. The summed E-state index contributed by atoms with van der Waals surface area (Å²) in [5.41, 5.74) is -0.210. The van der Waals surface area contributed by atoms with Gasteiger partial charge in [0.15, 0.2) is 4.34 Å². The van der Waals surface area contributed by atoms with E-state index in [-0.39, 0.29) is 10.8 Å². The molecule has 1 unspecified atom stereocenters. The number of hydrogen-bond acceptors (Lipinski definition) is 7. The zero-order valence-electron chi connectivity index (χ0n) is 17.4. The number of rotatable bonds is 8. The fourth-order valence-electron chi connectivity index (χ4n) is 2.88. The quantitative estimate of drug-likeness (QED) is 0.346. The van der Waals surface area contributed by atoms with E-state index >= 15 is 0 Å². The molecule has 1 heterocycles. The second kappa shape index (κ2) is 10.1. The minimum absolute atomic E-state index is 0.153. The molecule has 0 fully saturated rings. The van der Waals surface area contributed by atoms with Gasteiger partial charge in [-0.05, 0) is 30.7 Å². The second-order valence-electron chi connectivity index (χ2n) is 6.92. The smallest absolute Gasteiger partial charge is 0.299 e. The minimum Gasteiger partial charge on any atom is -0.299 e. The number of hydrogen-bond donors (Lipinski definition) is 1. The Balaban J connectivity index is 1.74. The van der Waals surface area contributed by atoms with Gasteiger partial charge in [0.1, 0.15) is 6.04 Å². The number of anilines is 2. The Bertz CT molecular complexity index is 1220. The fraction of sp³-hybridized carbons (Fsp3) is 0.250. The number of aromatic nitrogens is 2. The molecule has 2 aromatic carbocycles. The van der Waals surface area contributed by atoms with Gasteiger partial charge in [-0.1, -0.05) is 59.5 Å². The van der Waals surface area contributed by atoms with Gasteiger partial charge in [0.05, 0.1) is 17.5 Å². The standard InChI is InChI=1S/C20H19F3N4O3S3/c1-13(27(33(2,29)30)16-10-6-9-15(11-16)20(21,22)23)17(28)24-18-25-26-19(32-18)31-12-14-7-4-3-5-8-14/h3-11,13H,12H2,1-2H3,(H,24,25,28). The van der Waals surface area contributed by atoms with Crippen molar-refractivity contribution in [2.75, 3.05) is 15.9 Å². The van der Waals surface area contributed by atoms with Crippen LogP contribution in [0, 0.1) is 0 Å². The van der Waals surface area contributed by atoms with Crippen molar-refractivity contribution in [3.63, 3.8) is 0 Å². The van der Waals surface area contributed by atoms with Crippen molar-refractivity contribution >= 4 is 49.8 Å². The molecule has 1 atom stereocenters. The summed E-state index contributed by atoms with van der Waals surface area (Å²) in [5, 5.41) is 10.5. The molecule has 0 aliphatic heterocycles. The molecule has 0 saturated carbocycles. The first-order valence-electron chi connectivity index (χ1n) is 9.43. The number of alkyl halides is 3. The van der Waals surface area contributed by atoms with Crippen LogP contribution in [0.25, 0.3) is 0 Å². The Morgan fingerprint density at radius 2 is 1.85 bits per heavy atom. The van der Waals surface area contributed by atoms with Gasteiger partial charge in [-0.2, -0.15) is 13.2 Å². The van der Waals surface area contributed by atoms with Crippen molar-refractivity contribution in [3.05, 3.63) is 65.7 Å². The third kappa shape index (κ3) is 6.68. The molecule has 1 N–H and O–H groups in total. The average molecular weight is 517 g/mol. The SMILES string of the molecule is CC(C(=O)Nc1nnc(SCc2ccccc2)s1)N(c1cccc(C(F)(F)F)c1)S(C)(=O)=O. The Hall–Kier alpha value is -2.64. The van der Waals surface area contributed by atoms with Gasteiger partial charge in [0.25, 0.3) is 0 Å². The van der Waals surface area contributed by atoms with Crippen LogP contribution in [-0.2, 0) is 26.7 Å². The number of thioether (sulfide) groups is 1. The number of benzene rings is 2. The third-order valence-corrected chi connectivity index (χ3v) is 7.64. The molecule has 0 aliphatic rings. The van der Waals surface area contributed by atoms with Crippen molar-refractivity contribution in [1.29, 1.82) is 0 Å². The van der Waals surface area contributed by atoms with Crippen LogP contribution in [0.3, 0.4) is 0 Å². The van der Waals surface area contributed by atoms with Crippen LogP contribution in [0.2, 0.25) is 0 Å². The third-order valence-electron chi connectivity index (χ3n) is 4.36. The first-order valence-corrected chi connectivity index (χ1v) is 13.1. The van der Waals surface area contributed by atoms with E-state index in [1.807, 2.05) is 30.3 Å². The molecule has 0 spiro atoms. The summed E-state index contributed by atoms with van der Waals surface area (Å²) in [6.45, 7) is 1.28. The molecule has 13 heteroatoms. The van der Waals surface area contributed by atoms with E-state index in [4.69, 9.17) is 0 Å². The molecule has 33 heavy (non-hydrogen) atoms. The van der Waals surface area contributed by atoms with Crippen LogP contribution >= 0.6 is 23.1 Å². The number of nitrogens with zero attached hydrogens (tertiary/aromatic N) is 3. The number of sulfonamides is 1. The Labute approximate surface area is 197 Å². The van der Waals surface area contributed by atoms with E-state index in [1.165, 1.54) is 24.8 Å². The molecule has 0 aliphatic carbocycles. The zero-order chi connectivity index (χ0) is 24.2. The van der Waals surface area contributed by atoms with Crippen molar-refractivity contribution in [3.8, 4) is 0 Å². The first kappa shape index (κ1) is 25.0. The van der Waals surface area contributed by atoms with Gasteiger partial charge >= 0.3 is 6.18 Å². The number of nitrogens with one attached hydrogen (secondary N) is 1. The summed E-state index contributed by atoms with van der Waals surface area (Å²) < 4.78 is 65.2. The van der Waals surface area contributed by atoms with Crippen LogP contribution in [0.5, 0.6) is 0 Å². The monoisotopic (exact) mass is 516 g/mol. The predicted octanol–water partition coefficient (Wildman–Crippen LogP) is 4.64. The Kier molecular flexibility index (Phi) is 7.65. The maximum Gasteiger partial charge on any atom is 0.416 e. The number of amides is 1. The number of carbonyl (C=O) groups is 1. The molecule has 1 aromatic heterocycles. The predicted molar refractivity (Wildman–Crippen MR) is 123 cm³/mol. The molecule has 1 amide bonds. The van der Waals surface area contributed by atoms with Crippen LogP contribution in [0.15, 0.2) is 58.9 Å². The van der Waals surface area contributed by atoms with Crippen molar-refractivity contribution in [1.82, 2.24) is 10.2 Å². The topological polar surface area (TPSA) is 92.3 Å². The lowest BCUT2D eigenvalue weighted by Crippen LogP contribution is -2.45. The van der Waals surface area contributed by atoms with Gasteiger partial charge in [0, 0.05) is 5.75 Å². The molecule has 3 rings (SSSR count). The molecule has 3 aromatic rings. The fourth-order valence-corrected chi connectivity index (χ4v) is 5.75. The number of halogens is 3. The Morgan fingerprint density at radius 3 is 2.48 bits per heavy atom. The highest BCUT2D eigenvalue weighted by Gasteiger charge is 2.34. The molecule has 0 radical (unpaired) electrons. The Morgan fingerprint density at radius 1 is 1.15 bits per heavy atom. The summed E-state index contributed by atoms with van der Waals surface area (Å²) in [6, 6.07) is 12.1. The summed E-state index contributed by atoms with van der Waals surface area (Å²) in [4.78, 5) is 12.7. The lowest BCUT2D eigenvalue weighted by molar-refractivity contribution is -0.137. The second-order valence-corrected chi connectivity index (χ2v) is 11.0. The first-order chi connectivity index (χ1) is 15.4. The van der Waals surface area contributed by atoms with Crippen molar-refractivity contribution in [2.45, 2.75) is 29.2 Å². The maximum atomic E-state index is 13.1. The highest BCUT2D eigenvalue weighted by atomic mass is 32.2. The van der Waals surface area contributed by atoms with Crippen LogP contribution in [-0.4, -0.2) is 36.8 Å². The summed E-state index contributed by atoms with van der Waals surface area (Å²) >= 11 is 2.53. The van der Waals surface area contributed by atoms with E-state index in [2.05, 4.69) is 15.5 Å². The van der Waals surface area contributed by atoms with Crippen molar-refractivity contribution < 1.29 is 26.4 Å². The van der Waals surface area contributed by atoms with Gasteiger partial charge < -0.3 is 0 Å². The molecule has 0 saturated heterocycles. The van der Waals surface area contributed by atoms with Gasteiger partial charge in [-0.15, -0.1) is 10.2 Å². The normalized spacial score (nSPS) is 12.9. The minimum atomic E-state index is -4.66. The zero-order valence-corrected chi connectivity index (χ0v) is 19.9.